The molecule has 0 radical (unpaired) electrons. The minimum atomic E-state index is -0.183. The highest BCUT2D eigenvalue weighted by molar-refractivity contribution is 5.53. The Balaban J connectivity index is 2.47. The second-order valence-electron chi connectivity index (χ2n) is 2.54. The van der Waals surface area contributed by atoms with Gasteiger partial charge >= 0.3 is 0 Å². The fourth-order valence-corrected chi connectivity index (χ4v) is 0.974. The Morgan fingerprint density at radius 2 is 2.00 bits per heavy atom. The molecule has 0 aliphatic heterocycles. The van der Waals surface area contributed by atoms with Gasteiger partial charge in [-0.3, -0.25) is 4.99 Å². The van der Waals surface area contributed by atoms with Crippen molar-refractivity contribution in [3.05, 3.63) is 35.6 Å². The van der Waals surface area contributed by atoms with E-state index in [0.29, 0.717) is 0 Å². The van der Waals surface area contributed by atoms with Crippen LogP contribution in [-0.2, 0) is 6.42 Å². The van der Waals surface area contributed by atoms with E-state index in [-0.39, 0.29) is 5.82 Å². The van der Waals surface area contributed by atoms with E-state index >= 15 is 0 Å². The number of hydrogen-bond donors (Lipinski definition) is 0. The third-order valence-corrected chi connectivity index (χ3v) is 1.63. The van der Waals surface area contributed by atoms with Gasteiger partial charge in [-0.15, -0.1) is 0 Å². The van der Waals surface area contributed by atoms with Crippen molar-refractivity contribution in [1.82, 2.24) is 0 Å². The molecule has 0 N–H and O–H groups in total. The van der Waals surface area contributed by atoms with E-state index < -0.39 is 0 Å². The van der Waals surface area contributed by atoms with Gasteiger partial charge in [-0.25, -0.2) is 4.39 Å². The summed E-state index contributed by atoms with van der Waals surface area (Å²) in [5, 5.41) is 0. The lowest BCUT2D eigenvalue weighted by Crippen LogP contribution is -1.89. The number of nitrogens with zero attached hydrogens (tertiary/aromatic N) is 1. The molecule has 0 aliphatic carbocycles. The van der Waals surface area contributed by atoms with E-state index in [1.54, 1.807) is 18.3 Å². The summed E-state index contributed by atoms with van der Waals surface area (Å²) in [5.74, 6) is -0.183. The van der Waals surface area contributed by atoms with E-state index in [4.69, 9.17) is 0 Å². The maximum absolute atomic E-state index is 12.4. The fraction of sp³-hybridized carbons (Fsp3) is 0.300. The highest BCUT2D eigenvalue weighted by Crippen LogP contribution is 2.03. The molecule has 1 nitrogen and oxygen atoms in total. The first-order chi connectivity index (χ1) is 5.83. The second kappa shape index (κ2) is 4.65. The largest absolute Gasteiger partial charge is 0.297 e. The predicted octanol–water partition coefficient (Wildman–Crippen LogP) is 2.46. The maximum atomic E-state index is 12.4. The summed E-state index contributed by atoms with van der Waals surface area (Å²) in [5.41, 5.74) is 1.13. The van der Waals surface area contributed by atoms with Crippen LogP contribution in [0.3, 0.4) is 0 Å². The smallest absolute Gasteiger partial charge is 0.123 e. The molecule has 0 fully saturated rings. The number of halogens is 1. The van der Waals surface area contributed by atoms with Gasteiger partial charge in [0.25, 0.3) is 0 Å². The van der Waals surface area contributed by atoms with Crippen molar-refractivity contribution in [3.63, 3.8) is 0 Å². The van der Waals surface area contributed by atoms with Crippen LogP contribution in [0.25, 0.3) is 0 Å². The van der Waals surface area contributed by atoms with Gasteiger partial charge in [0.1, 0.15) is 5.82 Å². The molecule has 0 unspecified atom stereocenters. The van der Waals surface area contributed by atoms with Gasteiger partial charge in [0.2, 0.25) is 0 Å². The van der Waals surface area contributed by atoms with Crippen LogP contribution in [-0.4, -0.2) is 12.8 Å². The Hall–Kier alpha value is -1.18. The Morgan fingerprint density at radius 3 is 2.58 bits per heavy atom. The molecule has 12 heavy (non-hydrogen) atoms. The molecule has 64 valence electrons. The van der Waals surface area contributed by atoms with Gasteiger partial charge in [-0.1, -0.05) is 12.1 Å². The quantitative estimate of drug-likeness (QED) is 0.610. The van der Waals surface area contributed by atoms with Crippen LogP contribution in [0.2, 0.25) is 0 Å². The summed E-state index contributed by atoms with van der Waals surface area (Å²) >= 11 is 0. The lowest BCUT2D eigenvalue weighted by atomic mass is 10.1. The fourth-order valence-electron chi connectivity index (χ4n) is 0.974. The van der Waals surface area contributed by atoms with Crippen molar-refractivity contribution in [1.29, 1.82) is 0 Å². The Morgan fingerprint density at radius 1 is 1.33 bits per heavy atom. The molecule has 0 saturated carbocycles. The van der Waals surface area contributed by atoms with Gasteiger partial charge in [0.05, 0.1) is 0 Å². The van der Waals surface area contributed by atoms with Crippen LogP contribution in [0, 0.1) is 5.82 Å². The molecule has 0 aliphatic rings. The molecule has 0 atom stereocenters. The first-order valence-electron chi connectivity index (χ1n) is 4.02. The molecule has 0 amide bonds. The highest BCUT2D eigenvalue weighted by atomic mass is 19.1. The second-order valence-corrected chi connectivity index (χ2v) is 2.54. The molecule has 0 heterocycles. The lowest BCUT2D eigenvalue weighted by Gasteiger charge is -1.96. The summed E-state index contributed by atoms with van der Waals surface area (Å²) in [6, 6.07) is 6.54. The molecule has 0 spiro atoms. The zero-order chi connectivity index (χ0) is 8.81. The van der Waals surface area contributed by atoms with Crippen molar-refractivity contribution < 1.29 is 4.39 Å². The van der Waals surface area contributed by atoms with Crippen LogP contribution in [0.4, 0.5) is 4.39 Å². The topological polar surface area (TPSA) is 12.4 Å². The van der Waals surface area contributed by atoms with E-state index in [1.807, 2.05) is 6.92 Å². The maximum Gasteiger partial charge on any atom is 0.123 e. The lowest BCUT2D eigenvalue weighted by molar-refractivity contribution is 0.627. The number of rotatable bonds is 3. The Kier molecular flexibility index (Phi) is 3.45. The van der Waals surface area contributed by atoms with Crippen LogP contribution in [0.5, 0.6) is 0 Å². The van der Waals surface area contributed by atoms with Crippen molar-refractivity contribution in [2.24, 2.45) is 4.99 Å². The first-order valence-corrected chi connectivity index (χ1v) is 4.02. The molecular weight excluding hydrogens is 153 g/mol. The van der Waals surface area contributed by atoms with Gasteiger partial charge < -0.3 is 0 Å². The molecule has 2 heteroatoms. The van der Waals surface area contributed by atoms with Crippen molar-refractivity contribution >= 4 is 6.21 Å². The summed E-state index contributed by atoms with van der Waals surface area (Å²) in [4.78, 5) is 4.07. The van der Waals surface area contributed by atoms with E-state index in [9.17, 15) is 4.39 Å². The standard InChI is InChI=1S/C10H12FN/c1-2-12-8-7-9-3-5-10(11)6-4-9/h2-6H,7-8H2,1H3. The SMILES string of the molecule is CC=NCCc1ccc(F)cc1. The van der Waals surface area contributed by atoms with Crippen molar-refractivity contribution in [2.75, 3.05) is 6.54 Å². The van der Waals surface area contributed by atoms with Crippen LogP contribution < -0.4 is 0 Å². The predicted molar refractivity (Wildman–Crippen MR) is 49.1 cm³/mol. The van der Waals surface area contributed by atoms with E-state index in [1.165, 1.54) is 12.1 Å². The Labute approximate surface area is 72.0 Å². The van der Waals surface area contributed by atoms with Crippen LogP contribution >= 0.6 is 0 Å². The number of hydrogen-bond acceptors (Lipinski definition) is 1. The Bertz CT molecular complexity index is 251. The third kappa shape index (κ3) is 2.82. The van der Waals surface area contributed by atoms with Crippen molar-refractivity contribution in [2.45, 2.75) is 13.3 Å². The van der Waals surface area contributed by atoms with Gasteiger partial charge in [-0.05, 0) is 37.3 Å². The average Bonchev–Trinajstić information content (AvgIpc) is 2.09. The highest BCUT2D eigenvalue weighted by Gasteiger charge is 1.91. The van der Waals surface area contributed by atoms with Gasteiger partial charge in [0.15, 0.2) is 0 Å². The molecule has 0 saturated heterocycles. The van der Waals surface area contributed by atoms with Gasteiger partial charge in [-0.2, -0.15) is 0 Å². The molecular formula is C10H12FN. The normalized spacial score (nSPS) is 10.8. The summed E-state index contributed by atoms with van der Waals surface area (Å²) in [6.45, 7) is 2.67. The monoisotopic (exact) mass is 165 g/mol. The van der Waals surface area contributed by atoms with Crippen LogP contribution in [0.15, 0.2) is 29.3 Å². The summed E-state index contributed by atoms with van der Waals surface area (Å²) in [6.07, 6.45) is 2.66. The summed E-state index contributed by atoms with van der Waals surface area (Å²) in [7, 11) is 0. The zero-order valence-electron chi connectivity index (χ0n) is 7.13. The zero-order valence-corrected chi connectivity index (χ0v) is 7.13. The average molecular weight is 165 g/mol. The first kappa shape index (κ1) is 8.91. The van der Waals surface area contributed by atoms with E-state index in [0.717, 1.165) is 18.5 Å². The minimum Gasteiger partial charge on any atom is -0.297 e. The van der Waals surface area contributed by atoms with Crippen LogP contribution in [0.1, 0.15) is 12.5 Å². The molecule has 1 rings (SSSR count). The third-order valence-electron chi connectivity index (χ3n) is 1.63. The molecule has 0 bridgehead atoms. The number of benzene rings is 1. The summed E-state index contributed by atoms with van der Waals surface area (Å²) < 4.78 is 12.4. The van der Waals surface area contributed by atoms with Crippen molar-refractivity contribution in [3.8, 4) is 0 Å². The number of aliphatic imine (C=N–C) groups is 1. The van der Waals surface area contributed by atoms with E-state index in [2.05, 4.69) is 4.99 Å². The molecule has 0 aromatic heterocycles. The molecule has 1 aromatic carbocycles. The minimum absolute atomic E-state index is 0.183. The van der Waals surface area contributed by atoms with Gasteiger partial charge in [0, 0.05) is 6.54 Å². The molecule has 1 aromatic rings.